The zero-order valence-corrected chi connectivity index (χ0v) is 16.1. The van der Waals surface area contributed by atoms with Crippen molar-refractivity contribution in [3.8, 4) is 5.75 Å². The van der Waals surface area contributed by atoms with Gasteiger partial charge in [0.05, 0.1) is 23.6 Å². The summed E-state index contributed by atoms with van der Waals surface area (Å²) in [6.45, 7) is 3.84. The van der Waals surface area contributed by atoms with E-state index in [2.05, 4.69) is 5.32 Å². The first-order valence-electron chi connectivity index (χ1n) is 8.80. The van der Waals surface area contributed by atoms with Gasteiger partial charge in [-0.05, 0) is 41.8 Å². The molecule has 0 spiro atoms. The SMILES string of the molecule is COc1ccc(C(=O)Nc2cc3c(cc2[N+](=O)[O-])N(C)C(=O)C3C(C)C)cc1. The Morgan fingerprint density at radius 3 is 2.43 bits per heavy atom. The summed E-state index contributed by atoms with van der Waals surface area (Å²) < 4.78 is 5.06. The average Bonchev–Trinajstić information content (AvgIpc) is 2.91. The summed E-state index contributed by atoms with van der Waals surface area (Å²) >= 11 is 0. The molecule has 1 aliphatic rings. The molecule has 1 atom stereocenters. The Bertz CT molecular complexity index is 953. The third-order valence-corrected chi connectivity index (χ3v) is 4.90. The molecule has 0 aliphatic carbocycles. The molecule has 1 N–H and O–H groups in total. The Labute approximate surface area is 162 Å². The van der Waals surface area contributed by atoms with E-state index in [1.165, 1.54) is 18.1 Å². The molecule has 0 radical (unpaired) electrons. The molecule has 1 unspecified atom stereocenters. The van der Waals surface area contributed by atoms with Crippen molar-refractivity contribution in [1.29, 1.82) is 0 Å². The molecule has 146 valence electrons. The standard InChI is InChI=1S/C20H21N3O5/c1-11(2)18-14-9-15(17(23(26)27)10-16(14)22(3)20(18)25)21-19(24)12-5-7-13(28-4)8-6-12/h5-11,18H,1-4H3,(H,21,24). The predicted molar refractivity (Wildman–Crippen MR) is 105 cm³/mol. The van der Waals surface area contributed by atoms with Gasteiger partial charge in [-0.1, -0.05) is 13.8 Å². The average molecular weight is 383 g/mol. The number of amides is 2. The number of carbonyl (C=O) groups is 2. The van der Waals surface area contributed by atoms with E-state index in [1.54, 1.807) is 37.4 Å². The number of nitrogens with zero attached hydrogens (tertiary/aromatic N) is 2. The van der Waals surface area contributed by atoms with Crippen LogP contribution in [0.4, 0.5) is 17.1 Å². The highest BCUT2D eigenvalue weighted by Crippen LogP contribution is 2.45. The lowest BCUT2D eigenvalue weighted by molar-refractivity contribution is -0.383. The molecule has 8 heteroatoms. The highest BCUT2D eigenvalue weighted by Gasteiger charge is 2.39. The molecule has 1 aliphatic heterocycles. The van der Waals surface area contributed by atoms with Crippen LogP contribution >= 0.6 is 0 Å². The Morgan fingerprint density at radius 1 is 1.25 bits per heavy atom. The molecule has 28 heavy (non-hydrogen) atoms. The quantitative estimate of drug-likeness (QED) is 0.628. The lowest BCUT2D eigenvalue weighted by atomic mass is 9.89. The van der Waals surface area contributed by atoms with Crippen LogP contribution in [0.3, 0.4) is 0 Å². The number of anilines is 2. The summed E-state index contributed by atoms with van der Waals surface area (Å²) in [4.78, 5) is 37.6. The summed E-state index contributed by atoms with van der Waals surface area (Å²) in [5, 5.41) is 14.2. The van der Waals surface area contributed by atoms with Gasteiger partial charge >= 0.3 is 0 Å². The third kappa shape index (κ3) is 3.28. The van der Waals surface area contributed by atoms with Gasteiger partial charge in [0.2, 0.25) is 5.91 Å². The lowest BCUT2D eigenvalue weighted by Gasteiger charge is -2.14. The number of nitrogens with one attached hydrogen (secondary N) is 1. The largest absolute Gasteiger partial charge is 0.497 e. The van der Waals surface area contributed by atoms with Crippen molar-refractivity contribution in [2.75, 3.05) is 24.4 Å². The van der Waals surface area contributed by atoms with E-state index < -0.39 is 16.7 Å². The van der Waals surface area contributed by atoms with E-state index in [0.717, 1.165) is 0 Å². The maximum absolute atomic E-state index is 12.6. The fourth-order valence-corrected chi connectivity index (χ4v) is 3.43. The molecular weight excluding hydrogens is 362 g/mol. The summed E-state index contributed by atoms with van der Waals surface area (Å²) in [5.41, 5.74) is 1.32. The first-order chi connectivity index (χ1) is 13.2. The van der Waals surface area contributed by atoms with Gasteiger partial charge in [0, 0.05) is 18.7 Å². The van der Waals surface area contributed by atoms with E-state index >= 15 is 0 Å². The number of hydrogen-bond donors (Lipinski definition) is 1. The second kappa shape index (κ2) is 7.30. The highest BCUT2D eigenvalue weighted by molar-refractivity contribution is 6.08. The maximum Gasteiger partial charge on any atom is 0.294 e. The molecule has 8 nitrogen and oxygen atoms in total. The van der Waals surface area contributed by atoms with Crippen LogP contribution in [-0.4, -0.2) is 30.9 Å². The van der Waals surface area contributed by atoms with Crippen LogP contribution in [0.25, 0.3) is 0 Å². The van der Waals surface area contributed by atoms with Crippen molar-refractivity contribution in [2.24, 2.45) is 5.92 Å². The Kier molecular flexibility index (Phi) is 5.04. The van der Waals surface area contributed by atoms with E-state index in [0.29, 0.717) is 22.6 Å². The number of methoxy groups -OCH3 is 1. The second-order valence-electron chi connectivity index (χ2n) is 6.99. The molecule has 0 saturated carbocycles. The molecule has 2 amide bonds. The smallest absolute Gasteiger partial charge is 0.294 e. The van der Waals surface area contributed by atoms with Gasteiger partial charge in [0.25, 0.3) is 11.6 Å². The first-order valence-corrected chi connectivity index (χ1v) is 8.80. The van der Waals surface area contributed by atoms with Crippen LogP contribution in [0.2, 0.25) is 0 Å². The van der Waals surface area contributed by atoms with E-state index in [9.17, 15) is 19.7 Å². The second-order valence-corrected chi connectivity index (χ2v) is 6.99. The predicted octanol–water partition coefficient (Wildman–Crippen LogP) is 3.57. The molecular formula is C20H21N3O5. The normalized spacial score (nSPS) is 15.5. The van der Waals surface area contributed by atoms with Crippen molar-refractivity contribution < 1.29 is 19.2 Å². The van der Waals surface area contributed by atoms with Crippen LogP contribution in [0, 0.1) is 16.0 Å². The third-order valence-electron chi connectivity index (χ3n) is 4.90. The van der Waals surface area contributed by atoms with Crippen LogP contribution in [0.1, 0.15) is 35.7 Å². The number of ether oxygens (including phenoxy) is 1. The summed E-state index contributed by atoms with van der Waals surface area (Å²) in [6, 6.07) is 9.30. The van der Waals surface area contributed by atoms with Crippen molar-refractivity contribution in [1.82, 2.24) is 0 Å². The summed E-state index contributed by atoms with van der Waals surface area (Å²) in [6.07, 6.45) is 0. The molecule has 3 rings (SSSR count). The number of nitro benzene ring substituents is 1. The van der Waals surface area contributed by atoms with Crippen molar-refractivity contribution in [3.63, 3.8) is 0 Å². The van der Waals surface area contributed by atoms with Gasteiger partial charge in [-0.3, -0.25) is 19.7 Å². The molecule has 0 saturated heterocycles. The van der Waals surface area contributed by atoms with Crippen molar-refractivity contribution in [2.45, 2.75) is 19.8 Å². The first kappa shape index (κ1) is 19.3. The minimum absolute atomic E-state index is 0.0165. The number of carbonyl (C=O) groups excluding carboxylic acids is 2. The number of likely N-dealkylation sites (N-methyl/N-ethyl adjacent to an activating group) is 1. The lowest BCUT2D eigenvalue weighted by Crippen LogP contribution is -2.26. The van der Waals surface area contributed by atoms with Gasteiger partial charge < -0.3 is 15.0 Å². The van der Waals surface area contributed by atoms with Crippen molar-refractivity contribution >= 4 is 28.9 Å². The van der Waals surface area contributed by atoms with E-state index in [1.807, 2.05) is 13.8 Å². The fourth-order valence-electron chi connectivity index (χ4n) is 3.43. The molecule has 0 fully saturated rings. The van der Waals surface area contributed by atoms with Gasteiger partial charge in [-0.15, -0.1) is 0 Å². The van der Waals surface area contributed by atoms with Crippen LogP contribution in [0.15, 0.2) is 36.4 Å². The molecule has 0 aromatic heterocycles. The Balaban J connectivity index is 2.01. The molecule has 2 aromatic carbocycles. The molecule has 1 heterocycles. The number of nitro groups is 1. The zero-order chi connectivity index (χ0) is 20.6. The number of rotatable bonds is 5. The van der Waals surface area contributed by atoms with Crippen molar-refractivity contribution in [3.05, 3.63) is 57.6 Å². The van der Waals surface area contributed by atoms with Crippen LogP contribution in [0.5, 0.6) is 5.75 Å². The molecule has 0 bridgehead atoms. The van der Waals surface area contributed by atoms with E-state index in [4.69, 9.17) is 4.74 Å². The topological polar surface area (TPSA) is 102 Å². The summed E-state index contributed by atoms with van der Waals surface area (Å²) in [5.74, 6) is -0.385. The minimum Gasteiger partial charge on any atom is -0.497 e. The number of benzene rings is 2. The highest BCUT2D eigenvalue weighted by atomic mass is 16.6. The Hall–Kier alpha value is -3.42. The monoisotopic (exact) mass is 383 g/mol. The van der Waals surface area contributed by atoms with Crippen LogP contribution < -0.4 is 15.0 Å². The van der Waals surface area contributed by atoms with Gasteiger partial charge in [0.15, 0.2) is 0 Å². The van der Waals surface area contributed by atoms with Gasteiger partial charge in [0.1, 0.15) is 11.4 Å². The number of hydrogen-bond acceptors (Lipinski definition) is 5. The fraction of sp³-hybridized carbons (Fsp3) is 0.300. The minimum atomic E-state index is -0.565. The Morgan fingerprint density at radius 2 is 1.89 bits per heavy atom. The van der Waals surface area contributed by atoms with Gasteiger partial charge in [-0.25, -0.2) is 0 Å². The summed E-state index contributed by atoms with van der Waals surface area (Å²) in [7, 11) is 3.12. The zero-order valence-electron chi connectivity index (χ0n) is 16.1. The van der Waals surface area contributed by atoms with Crippen LogP contribution in [-0.2, 0) is 4.79 Å². The number of fused-ring (bicyclic) bond motifs is 1. The van der Waals surface area contributed by atoms with Gasteiger partial charge in [-0.2, -0.15) is 0 Å². The molecule has 2 aromatic rings. The van der Waals surface area contributed by atoms with E-state index in [-0.39, 0.29) is 23.2 Å². The maximum atomic E-state index is 12.6.